The molecule has 0 fully saturated rings. The Hall–Kier alpha value is -2.16. The largest absolute Gasteiger partial charge is 0.467 e. The molecule has 0 saturated carbocycles. The monoisotopic (exact) mass is 342 g/mol. The van der Waals surface area contributed by atoms with E-state index in [-0.39, 0.29) is 6.42 Å². The van der Waals surface area contributed by atoms with Crippen molar-refractivity contribution < 1.29 is 19.1 Å². The average Bonchev–Trinajstić information content (AvgIpc) is 2.93. The highest BCUT2D eigenvalue weighted by molar-refractivity contribution is 7.09. The molecule has 0 unspecified atom stereocenters. The van der Waals surface area contributed by atoms with Gasteiger partial charge in [-0.15, -0.1) is 11.3 Å². The molecule has 1 aromatic heterocycles. The minimum absolute atomic E-state index is 0.291. The second-order valence-electron chi connectivity index (χ2n) is 5.38. The summed E-state index contributed by atoms with van der Waals surface area (Å²) in [5.74, 6) is -1.10. The number of amides is 3. The molecule has 23 heavy (non-hydrogen) atoms. The van der Waals surface area contributed by atoms with Crippen LogP contribution in [0.3, 0.4) is 0 Å². The summed E-state index contributed by atoms with van der Waals surface area (Å²) < 4.78 is 4.55. The number of nitrogens with one attached hydrogen (secondary N) is 1. The first kappa shape index (κ1) is 18.9. The van der Waals surface area contributed by atoms with Gasteiger partial charge in [0.05, 0.1) is 30.8 Å². The van der Waals surface area contributed by atoms with E-state index in [9.17, 15) is 14.4 Å². The number of hydrogen-bond acceptors (Lipinski definition) is 6. The molecule has 1 atom stereocenters. The minimum Gasteiger partial charge on any atom is -0.467 e. The van der Waals surface area contributed by atoms with Crippen molar-refractivity contribution in [2.45, 2.75) is 38.8 Å². The van der Waals surface area contributed by atoms with E-state index in [2.05, 4.69) is 15.0 Å². The highest BCUT2D eigenvalue weighted by Crippen LogP contribution is 2.19. The fourth-order valence-corrected chi connectivity index (χ4v) is 2.60. The Morgan fingerprint density at radius 2 is 2.09 bits per heavy atom. The van der Waals surface area contributed by atoms with Crippen LogP contribution >= 0.6 is 11.3 Å². The summed E-state index contributed by atoms with van der Waals surface area (Å²) in [4.78, 5) is 40.5. The third kappa shape index (κ3) is 5.85. The maximum atomic E-state index is 12.1. The zero-order valence-corrected chi connectivity index (χ0v) is 14.5. The minimum atomic E-state index is -1.10. The van der Waals surface area contributed by atoms with Gasteiger partial charge in [-0.25, -0.2) is 14.6 Å². The molecule has 0 aliphatic heterocycles. The average molecular weight is 342 g/mol. The van der Waals surface area contributed by atoms with Crippen LogP contribution in [0.1, 0.15) is 36.9 Å². The number of methoxy groups -OCH3 is 1. The van der Waals surface area contributed by atoms with Gasteiger partial charge in [-0.2, -0.15) is 0 Å². The molecule has 0 radical (unpaired) electrons. The van der Waals surface area contributed by atoms with E-state index < -0.39 is 23.9 Å². The van der Waals surface area contributed by atoms with Gasteiger partial charge in [-0.1, -0.05) is 13.8 Å². The van der Waals surface area contributed by atoms with E-state index in [0.717, 1.165) is 10.7 Å². The Kier molecular flexibility index (Phi) is 6.95. The number of primary amides is 1. The van der Waals surface area contributed by atoms with Crippen LogP contribution in [0.2, 0.25) is 0 Å². The molecule has 0 aliphatic rings. The van der Waals surface area contributed by atoms with Gasteiger partial charge in [0, 0.05) is 18.3 Å². The van der Waals surface area contributed by atoms with Gasteiger partial charge in [0.2, 0.25) is 5.91 Å². The Bertz CT molecular complexity index is 573. The molecule has 8 nitrogen and oxygen atoms in total. The van der Waals surface area contributed by atoms with Gasteiger partial charge >= 0.3 is 12.0 Å². The molecule has 0 aliphatic carbocycles. The lowest BCUT2D eigenvalue weighted by molar-refractivity contribution is -0.144. The molecule has 9 heteroatoms. The van der Waals surface area contributed by atoms with Crippen LogP contribution < -0.4 is 11.1 Å². The predicted molar refractivity (Wildman–Crippen MR) is 85.8 cm³/mol. The lowest BCUT2D eigenvalue weighted by Gasteiger charge is -2.21. The molecular formula is C14H22N4O4S. The van der Waals surface area contributed by atoms with E-state index in [4.69, 9.17) is 5.73 Å². The molecule has 0 spiro atoms. The van der Waals surface area contributed by atoms with Crippen molar-refractivity contribution in [2.75, 3.05) is 14.2 Å². The summed E-state index contributed by atoms with van der Waals surface area (Å²) in [5.41, 5.74) is 5.84. The van der Waals surface area contributed by atoms with Crippen LogP contribution in [0.5, 0.6) is 0 Å². The van der Waals surface area contributed by atoms with E-state index >= 15 is 0 Å². The molecule has 1 heterocycles. The smallest absolute Gasteiger partial charge is 0.328 e. The summed E-state index contributed by atoms with van der Waals surface area (Å²) in [5, 5.41) is 5.32. The lowest BCUT2D eigenvalue weighted by atomic mass is 10.2. The lowest BCUT2D eigenvalue weighted by Crippen LogP contribution is -2.48. The zero-order chi connectivity index (χ0) is 17.6. The first-order valence-electron chi connectivity index (χ1n) is 7.06. The van der Waals surface area contributed by atoms with Gasteiger partial charge in [0.1, 0.15) is 6.04 Å². The topological polar surface area (TPSA) is 115 Å². The fraction of sp³-hybridized carbons (Fsp3) is 0.571. The number of esters is 1. The maximum absolute atomic E-state index is 12.1. The number of nitrogens with two attached hydrogens (primary N) is 1. The molecule has 3 amide bonds. The van der Waals surface area contributed by atoms with Gasteiger partial charge in [-0.3, -0.25) is 4.79 Å². The third-order valence-electron chi connectivity index (χ3n) is 3.00. The van der Waals surface area contributed by atoms with Crippen molar-refractivity contribution in [3.05, 3.63) is 16.1 Å². The van der Waals surface area contributed by atoms with E-state index in [1.165, 1.54) is 23.3 Å². The van der Waals surface area contributed by atoms with Gasteiger partial charge in [-0.05, 0) is 0 Å². The second kappa shape index (κ2) is 8.47. The molecule has 3 N–H and O–H groups in total. The number of hydrogen-bond donors (Lipinski definition) is 2. The van der Waals surface area contributed by atoms with E-state index in [1.807, 2.05) is 19.2 Å². The van der Waals surface area contributed by atoms with Crippen LogP contribution in [0.4, 0.5) is 4.79 Å². The standard InChI is InChI=1S/C14H22N4O4S/c1-8(2)12-16-9(7-23-12)6-18(3)14(21)17-10(5-11(15)19)13(20)22-4/h7-8,10H,5-6H2,1-4H3,(H2,15,19)(H,17,21)/t10-/m0/s1. The van der Waals surface area contributed by atoms with Crippen molar-refractivity contribution in [1.29, 1.82) is 0 Å². The number of carbonyl (C=O) groups excluding carboxylic acids is 3. The number of ether oxygens (including phenoxy) is 1. The number of urea groups is 1. The molecule has 1 rings (SSSR count). The number of carbonyl (C=O) groups is 3. The molecule has 0 bridgehead atoms. The molecule has 128 valence electrons. The first-order chi connectivity index (χ1) is 10.7. The second-order valence-corrected chi connectivity index (χ2v) is 6.27. The van der Waals surface area contributed by atoms with E-state index in [1.54, 1.807) is 7.05 Å². The van der Waals surface area contributed by atoms with Gasteiger partial charge in [0.25, 0.3) is 0 Å². The van der Waals surface area contributed by atoms with Crippen molar-refractivity contribution in [2.24, 2.45) is 5.73 Å². The normalized spacial score (nSPS) is 11.9. The Labute approximate surface area is 139 Å². The maximum Gasteiger partial charge on any atom is 0.328 e. The van der Waals surface area contributed by atoms with Crippen molar-refractivity contribution in [3.63, 3.8) is 0 Å². The molecule has 1 aromatic rings. The van der Waals surface area contributed by atoms with Gasteiger partial charge < -0.3 is 20.7 Å². The zero-order valence-electron chi connectivity index (χ0n) is 13.7. The number of nitrogens with zero attached hydrogens (tertiary/aromatic N) is 2. The van der Waals surface area contributed by atoms with Crippen LogP contribution in [0, 0.1) is 0 Å². The molecule has 0 aromatic carbocycles. The summed E-state index contributed by atoms with van der Waals surface area (Å²) in [6, 6.07) is -1.62. The van der Waals surface area contributed by atoms with Crippen molar-refractivity contribution in [1.82, 2.24) is 15.2 Å². The van der Waals surface area contributed by atoms with Crippen molar-refractivity contribution in [3.8, 4) is 0 Å². The quantitative estimate of drug-likeness (QED) is 0.712. The third-order valence-corrected chi connectivity index (χ3v) is 4.19. The fourth-order valence-electron chi connectivity index (χ4n) is 1.77. The summed E-state index contributed by atoms with van der Waals surface area (Å²) in [6.07, 6.45) is -0.319. The Balaban J connectivity index is 2.66. The Morgan fingerprint density at radius 1 is 1.43 bits per heavy atom. The summed E-state index contributed by atoms with van der Waals surface area (Å²) >= 11 is 1.54. The number of aromatic nitrogens is 1. The van der Waals surface area contributed by atoms with Crippen LogP contribution in [0.25, 0.3) is 0 Å². The summed E-state index contributed by atoms with van der Waals surface area (Å²) in [6.45, 7) is 4.38. The van der Waals surface area contributed by atoms with Crippen LogP contribution in [-0.4, -0.2) is 48.0 Å². The SMILES string of the molecule is COC(=O)[C@H](CC(N)=O)NC(=O)N(C)Cc1csc(C(C)C)n1. The predicted octanol–water partition coefficient (Wildman–Crippen LogP) is 0.825. The molecular weight excluding hydrogens is 320 g/mol. The summed E-state index contributed by atoms with van der Waals surface area (Å²) in [7, 11) is 2.75. The number of rotatable bonds is 7. The first-order valence-corrected chi connectivity index (χ1v) is 7.94. The van der Waals surface area contributed by atoms with Crippen LogP contribution in [-0.2, 0) is 20.9 Å². The highest BCUT2D eigenvalue weighted by atomic mass is 32.1. The highest BCUT2D eigenvalue weighted by Gasteiger charge is 2.25. The van der Waals surface area contributed by atoms with Crippen LogP contribution in [0.15, 0.2) is 5.38 Å². The van der Waals surface area contributed by atoms with Gasteiger partial charge in [0.15, 0.2) is 0 Å². The van der Waals surface area contributed by atoms with Crippen molar-refractivity contribution >= 4 is 29.2 Å². The number of thiazole rings is 1. The Morgan fingerprint density at radius 3 is 2.57 bits per heavy atom. The molecule has 0 saturated heterocycles. The van der Waals surface area contributed by atoms with E-state index in [0.29, 0.717) is 12.5 Å².